The summed E-state index contributed by atoms with van der Waals surface area (Å²) in [5.74, 6) is -0.243. The van der Waals surface area contributed by atoms with Crippen LogP contribution in [0.4, 0.5) is 0 Å². The number of hydrogen-bond donors (Lipinski definition) is 2. The molecule has 0 radical (unpaired) electrons. The minimum atomic E-state index is -0.336. The molecule has 2 aromatic rings. The minimum Gasteiger partial charge on any atom is -0.507 e. The van der Waals surface area contributed by atoms with E-state index >= 15 is 0 Å². The van der Waals surface area contributed by atoms with E-state index in [1.54, 1.807) is 26.0 Å². The van der Waals surface area contributed by atoms with Gasteiger partial charge in [0, 0.05) is 16.7 Å². The summed E-state index contributed by atoms with van der Waals surface area (Å²) >= 11 is 0. The average Bonchev–Trinajstić information content (AvgIpc) is 2.36. The molecule has 4 nitrogen and oxygen atoms in total. The predicted octanol–water partition coefficient (Wildman–Crippen LogP) is 2.67. The van der Waals surface area contributed by atoms with E-state index in [0.29, 0.717) is 5.56 Å². The van der Waals surface area contributed by atoms with Gasteiger partial charge in [-0.15, -0.1) is 0 Å². The number of carbonyl (C=O) groups is 1. The molecule has 0 aliphatic heterocycles. The topological polar surface area (TPSA) is 61.7 Å². The summed E-state index contributed by atoms with van der Waals surface area (Å²) in [6.45, 7) is 3.58. The van der Waals surface area contributed by atoms with Gasteiger partial charge in [0.2, 0.25) is 0 Å². The SMILES string of the molecule is CC(C)=NNC(=O)c1cc(O)c2ccccc2c1. The molecule has 0 aliphatic carbocycles. The molecule has 0 saturated heterocycles. The van der Waals surface area contributed by atoms with Gasteiger partial charge in [-0.25, -0.2) is 5.43 Å². The van der Waals surface area contributed by atoms with E-state index in [2.05, 4.69) is 10.5 Å². The second-order valence-electron chi connectivity index (χ2n) is 4.22. The Kier molecular flexibility index (Phi) is 3.28. The number of aromatic hydroxyl groups is 1. The van der Waals surface area contributed by atoms with E-state index in [4.69, 9.17) is 0 Å². The lowest BCUT2D eigenvalue weighted by atomic mass is 10.1. The van der Waals surface area contributed by atoms with Gasteiger partial charge in [-0.1, -0.05) is 24.3 Å². The van der Waals surface area contributed by atoms with Crippen LogP contribution in [-0.4, -0.2) is 16.7 Å². The van der Waals surface area contributed by atoms with Gasteiger partial charge in [-0.3, -0.25) is 4.79 Å². The molecule has 92 valence electrons. The molecule has 0 heterocycles. The van der Waals surface area contributed by atoms with Gasteiger partial charge in [-0.05, 0) is 31.4 Å². The van der Waals surface area contributed by atoms with Crippen LogP contribution in [0.5, 0.6) is 5.75 Å². The molecule has 0 aliphatic rings. The fourth-order valence-electron chi connectivity index (χ4n) is 1.65. The Morgan fingerprint density at radius 3 is 2.67 bits per heavy atom. The van der Waals surface area contributed by atoms with E-state index in [1.807, 2.05) is 18.2 Å². The number of fused-ring (bicyclic) bond motifs is 1. The Labute approximate surface area is 105 Å². The monoisotopic (exact) mass is 242 g/mol. The zero-order valence-corrected chi connectivity index (χ0v) is 10.3. The van der Waals surface area contributed by atoms with Gasteiger partial charge in [0.1, 0.15) is 5.75 Å². The Balaban J connectivity index is 2.40. The third-order valence-electron chi connectivity index (χ3n) is 2.48. The van der Waals surface area contributed by atoms with E-state index in [9.17, 15) is 9.90 Å². The summed E-state index contributed by atoms with van der Waals surface area (Å²) in [6, 6.07) is 10.5. The number of phenolic OH excluding ortho intramolecular Hbond substituents is 1. The summed E-state index contributed by atoms with van der Waals surface area (Å²) in [6.07, 6.45) is 0. The molecule has 0 unspecified atom stereocenters. The molecular weight excluding hydrogens is 228 g/mol. The second kappa shape index (κ2) is 4.87. The van der Waals surface area contributed by atoms with Gasteiger partial charge in [-0.2, -0.15) is 5.10 Å². The lowest BCUT2D eigenvalue weighted by molar-refractivity contribution is 0.0954. The predicted molar refractivity (Wildman–Crippen MR) is 71.9 cm³/mol. The molecule has 2 rings (SSSR count). The van der Waals surface area contributed by atoms with Crippen LogP contribution in [0.3, 0.4) is 0 Å². The van der Waals surface area contributed by atoms with E-state index < -0.39 is 0 Å². The van der Waals surface area contributed by atoms with Gasteiger partial charge in [0.15, 0.2) is 0 Å². The third kappa shape index (κ3) is 2.48. The largest absolute Gasteiger partial charge is 0.507 e. The van der Waals surface area contributed by atoms with E-state index in [-0.39, 0.29) is 11.7 Å². The molecule has 0 fully saturated rings. The summed E-state index contributed by atoms with van der Waals surface area (Å²) in [5, 5.41) is 15.3. The Morgan fingerprint density at radius 2 is 1.94 bits per heavy atom. The van der Waals surface area contributed by atoms with Crippen molar-refractivity contribution in [2.75, 3.05) is 0 Å². The molecule has 0 aromatic heterocycles. The van der Waals surface area contributed by atoms with Crippen molar-refractivity contribution in [2.45, 2.75) is 13.8 Å². The number of carbonyl (C=O) groups excluding carboxylic acids is 1. The highest BCUT2D eigenvalue weighted by atomic mass is 16.3. The molecule has 0 atom stereocenters. The molecule has 4 heteroatoms. The van der Waals surface area contributed by atoms with Gasteiger partial charge in [0.25, 0.3) is 5.91 Å². The molecule has 2 aromatic carbocycles. The Morgan fingerprint density at radius 1 is 1.22 bits per heavy atom. The number of hydrogen-bond acceptors (Lipinski definition) is 3. The minimum absolute atomic E-state index is 0.0930. The molecule has 0 spiro atoms. The lowest BCUT2D eigenvalue weighted by Crippen LogP contribution is -2.18. The van der Waals surface area contributed by atoms with E-state index in [0.717, 1.165) is 16.5 Å². The number of hydrazone groups is 1. The van der Waals surface area contributed by atoms with Crippen molar-refractivity contribution >= 4 is 22.4 Å². The normalized spacial score (nSPS) is 10.1. The van der Waals surface area contributed by atoms with Crippen molar-refractivity contribution in [3.8, 4) is 5.75 Å². The van der Waals surface area contributed by atoms with Gasteiger partial charge in [0.05, 0.1) is 0 Å². The number of nitrogens with one attached hydrogen (secondary N) is 1. The van der Waals surface area contributed by atoms with Gasteiger partial charge >= 0.3 is 0 Å². The fraction of sp³-hybridized carbons (Fsp3) is 0.143. The summed E-state index contributed by atoms with van der Waals surface area (Å²) in [4.78, 5) is 11.8. The first kappa shape index (κ1) is 12.1. The fourth-order valence-corrected chi connectivity index (χ4v) is 1.65. The van der Waals surface area contributed by atoms with E-state index in [1.165, 1.54) is 6.07 Å². The third-order valence-corrected chi connectivity index (χ3v) is 2.48. The first-order chi connectivity index (χ1) is 8.58. The summed E-state index contributed by atoms with van der Waals surface area (Å²) < 4.78 is 0. The molecule has 18 heavy (non-hydrogen) atoms. The highest BCUT2D eigenvalue weighted by Gasteiger charge is 2.08. The number of phenols is 1. The first-order valence-electron chi connectivity index (χ1n) is 5.61. The van der Waals surface area contributed by atoms with Crippen LogP contribution in [0, 0.1) is 0 Å². The number of amides is 1. The van der Waals surface area contributed by atoms with Gasteiger partial charge < -0.3 is 5.11 Å². The van der Waals surface area contributed by atoms with Crippen molar-refractivity contribution in [2.24, 2.45) is 5.10 Å². The summed E-state index contributed by atoms with van der Waals surface area (Å²) in [5.41, 5.74) is 3.57. The highest BCUT2D eigenvalue weighted by Crippen LogP contribution is 2.26. The van der Waals surface area contributed by atoms with Crippen molar-refractivity contribution in [1.82, 2.24) is 5.43 Å². The van der Waals surface area contributed by atoms with Crippen molar-refractivity contribution in [3.05, 3.63) is 42.0 Å². The maximum atomic E-state index is 11.8. The average molecular weight is 242 g/mol. The van der Waals surface area contributed by atoms with Crippen molar-refractivity contribution in [3.63, 3.8) is 0 Å². The zero-order valence-electron chi connectivity index (χ0n) is 10.3. The molecule has 2 N–H and O–H groups in total. The molecule has 0 saturated carbocycles. The lowest BCUT2D eigenvalue weighted by Gasteiger charge is -2.05. The Bertz CT molecular complexity index is 629. The zero-order chi connectivity index (χ0) is 13.1. The first-order valence-corrected chi connectivity index (χ1v) is 5.61. The second-order valence-corrected chi connectivity index (χ2v) is 4.22. The maximum Gasteiger partial charge on any atom is 0.271 e. The van der Waals surface area contributed by atoms with Crippen LogP contribution < -0.4 is 5.43 Å². The van der Waals surface area contributed by atoms with Crippen LogP contribution in [0.15, 0.2) is 41.5 Å². The Hall–Kier alpha value is -2.36. The molecule has 1 amide bonds. The molecule has 0 bridgehead atoms. The van der Waals surface area contributed by atoms with Crippen molar-refractivity contribution in [1.29, 1.82) is 0 Å². The van der Waals surface area contributed by atoms with Crippen LogP contribution in [0.1, 0.15) is 24.2 Å². The molecular formula is C14H14N2O2. The van der Waals surface area contributed by atoms with Crippen molar-refractivity contribution < 1.29 is 9.90 Å². The van der Waals surface area contributed by atoms with Crippen LogP contribution in [0.2, 0.25) is 0 Å². The highest BCUT2D eigenvalue weighted by molar-refractivity contribution is 6.01. The smallest absolute Gasteiger partial charge is 0.271 e. The summed E-state index contributed by atoms with van der Waals surface area (Å²) in [7, 11) is 0. The number of rotatable bonds is 2. The quantitative estimate of drug-likeness (QED) is 0.628. The van der Waals surface area contributed by atoms with Crippen LogP contribution in [0.25, 0.3) is 10.8 Å². The number of nitrogens with zero attached hydrogens (tertiary/aromatic N) is 1. The van der Waals surface area contributed by atoms with Crippen LogP contribution >= 0.6 is 0 Å². The van der Waals surface area contributed by atoms with Crippen LogP contribution in [-0.2, 0) is 0 Å². The standard InChI is InChI=1S/C14H14N2O2/c1-9(2)15-16-14(18)11-7-10-5-3-4-6-12(10)13(17)8-11/h3-8,17H,1-2H3,(H,16,18). The maximum absolute atomic E-state index is 11.8. The number of benzene rings is 2.